The molecule has 2 aromatic carbocycles. The van der Waals surface area contributed by atoms with Crippen LogP contribution < -0.4 is 9.64 Å². The number of nitrogens with zero attached hydrogens (tertiary/aromatic N) is 5. The standard InChI is InChI=1S/C33H34F3N5O2/c1-2-23-26(35)9-4-18-12-22(42)13-24(27(18)23)29-28(36)30-25(15-37-29)31(41-20-5-6-21(41)8-7-20)39-32(38-30)43-17-33-10-3-11-40(33)16-19(34)14-33/h4,9,12-13,15,19-21,42H,2-3,5-8,10-11,14,16-17H2,1H3/t19-,20?,21?,33?/m1/s1. The number of pyridine rings is 1. The molecule has 7 nitrogen and oxygen atoms in total. The lowest BCUT2D eigenvalue weighted by Crippen LogP contribution is -2.43. The molecule has 4 aliphatic heterocycles. The predicted molar refractivity (Wildman–Crippen MR) is 158 cm³/mol. The number of aryl methyl sites for hydroxylation is 1. The molecule has 10 heteroatoms. The van der Waals surface area contributed by atoms with Crippen molar-refractivity contribution in [2.24, 2.45) is 0 Å². The SMILES string of the molecule is CCc1c(F)ccc2cc(O)cc(-c3ncc4c(N5C6CCC5CC6)nc(OCC56CCCN5C[C@H](F)C6)nc4c3F)c12. The van der Waals surface area contributed by atoms with E-state index in [1.165, 1.54) is 12.1 Å². The topological polar surface area (TPSA) is 74.6 Å². The summed E-state index contributed by atoms with van der Waals surface area (Å²) in [6.07, 6.45) is 7.53. The minimum Gasteiger partial charge on any atom is -0.508 e. The van der Waals surface area contributed by atoms with Gasteiger partial charge in [0.2, 0.25) is 0 Å². The summed E-state index contributed by atoms with van der Waals surface area (Å²) in [6.45, 7) is 3.33. The number of benzene rings is 2. The molecule has 4 aromatic rings. The molecule has 2 aromatic heterocycles. The molecule has 1 unspecified atom stereocenters. The average Bonchev–Trinajstić information content (AvgIpc) is 3.76. The van der Waals surface area contributed by atoms with E-state index in [0.717, 1.165) is 45.1 Å². The van der Waals surface area contributed by atoms with Crippen LogP contribution in [0.1, 0.15) is 57.4 Å². The normalized spacial score (nSPS) is 26.7. The van der Waals surface area contributed by atoms with Crippen LogP contribution in [-0.2, 0) is 6.42 Å². The van der Waals surface area contributed by atoms with Crippen molar-refractivity contribution in [3.63, 3.8) is 0 Å². The third-order valence-electron chi connectivity index (χ3n) is 10.3. The van der Waals surface area contributed by atoms with Crippen molar-refractivity contribution >= 4 is 27.5 Å². The monoisotopic (exact) mass is 589 g/mol. The highest BCUT2D eigenvalue weighted by molar-refractivity contribution is 6.01. The highest BCUT2D eigenvalue weighted by atomic mass is 19.1. The van der Waals surface area contributed by atoms with E-state index in [1.54, 1.807) is 18.3 Å². The molecule has 8 rings (SSSR count). The van der Waals surface area contributed by atoms with Crippen LogP contribution in [0, 0.1) is 11.6 Å². The van der Waals surface area contributed by atoms with E-state index in [4.69, 9.17) is 9.72 Å². The van der Waals surface area contributed by atoms with Gasteiger partial charge < -0.3 is 14.7 Å². The fourth-order valence-corrected chi connectivity index (χ4v) is 8.41. The summed E-state index contributed by atoms with van der Waals surface area (Å²) in [6, 6.07) is 6.61. The maximum Gasteiger partial charge on any atom is 0.319 e. The Morgan fingerprint density at radius 1 is 1.09 bits per heavy atom. The molecule has 0 spiro atoms. The Hall–Kier alpha value is -3.66. The van der Waals surface area contributed by atoms with Gasteiger partial charge in [0.1, 0.15) is 41.4 Å². The minimum absolute atomic E-state index is 0.0229. The number of ether oxygens (including phenoxy) is 1. The third-order valence-corrected chi connectivity index (χ3v) is 10.3. The van der Waals surface area contributed by atoms with Crippen molar-refractivity contribution in [2.45, 2.75) is 82.1 Å². The van der Waals surface area contributed by atoms with Crippen LogP contribution in [0.2, 0.25) is 0 Å². The van der Waals surface area contributed by atoms with Crippen LogP contribution in [0.25, 0.3) is 32.9 Å². The van der Waals surface area contributed by atoms with Crippen LogP contribution in [0.4, 0.5) is 19.0 Å². The molecular formula is C33H34F3N5O2. The Morgan fingerprint density at radius 3 is 2.65 bits per heavy atom. The third kappa shape index (κ3) is 4.16. The number of hydrogen-bond acceptors (Lipinski definition) is 7. The number of fused-ring (bicyclic) bond motifs is 5. The van der Waals surface area contributed by atoms with Crippen molar-refractivity contribution in [3.8, 4) is 23.0 Å². The number of aromatic hydroxyl groups is 1. The molecule has 0 amide bonds. The lowest BCUT2D eigenvalue weighted by molar-refractivity contribution is 0.107. The Kier molecular flexibility index (Phi) is 6.22. The fourth-order valence-electron chi connectivity index (χ4n) is 8.41. The minimum atomic E-state index is -0.891. The number of hydrogen-bond donors (Lipinski definition) is 1. The van der Waals surface area contributed by atoms with Gasteiger partial charge in [-0.05, 0) is 86.0 Å². The van der Waals surface area contributed by atoms with Gasteiger partial charge in [0.25, 0.3) is 0 Å². The second-order valence-electron chi connectivity index (χ2n) is 12.7. The largest absolute Gasteiger partial charge is 0.508 e. The first kappa shape index (κ1) is 26.9. The smallest absolute Gasteiger partial charge is 0.319 e. The maximum atomic E-state index is 16.8. The van der Waals surface area contributed by atoms with Crippen LogP contribution in [0.5, 0.6) is 11.8 Å². The number of aromatic nitrogens is 3. The van der Waals surface area contributed by atoms with Gasteiger partial charge in [0.05, 0.1) is 10.9 Å². The highest BCUT2D eigenvalue weighted by Crippen LogP contribution is 2.45. The molecule has 0 radical (unpaired) electrons. The van der Waals surface area contributed by atoms with Gasteiger partial charge in [0, 0.05) is 36.8 Å². The van der Waals surface area contributed by atoms with Crippen molar-refractivity contribution < 1.29 is 23.0 Å². The van der Waals surface area contributed by atoms with Gasteiger partial charge in [0.15, 0.2) is 5.82 Å². The number of anilines is 1. The quantitative estimate of drug-likeness (QED) is 0.276. The Morgan fingerprint density at radius 2 is 1.88 bits per heavy atom. The molecule has 0 saturated carbocycles. The van der Waals surface area contributed by atoms with E-state index >= 15 is 4.39 Å². The average molecular weight is 590 g/mol. The fraction of sp³-hybridized carbons (Fsp3) is 0.485. The van der Waals surface area contributed by atoms with E-state index in [1.807, 2.05) is 6.92 Å². The summed E-state index contributed by atoms with van der Waals surface area (Å²) in [5.74, 6) is -0.530. The van der Waals surface area contributed by atoms with Crippen LogP contribution in [-0.4, -0.2) is 68.4 Å². The molecule has 4 saturated heterocycles. The van der Waals surface area contributed by atoms with Crippen molar-refractivity contribution in [2.75, 3.05) is 24.6 Å². The maximum absolute atomic E-state index is 16.8. The number of phenolic OH excluding ortho intramolecular Hbond substituents is 1. The highest BCUT2D eigenvalue weighted by Gasteiger charge is 2.49. The van der Waals surface area contributed by atoms with E-state index in [2.05, 4.69) is 19.8 Å². The summed E-state index contributed by atoms with van der Waals surface area (Å²) < 4.78 is 52.3. The molecular weight excluding hydrogens is 555 g/mol. The van der Waals surface area contributed by atoms with Gasteiger partial charge in [-0.15, -0.1) is 0 Å². The van der Waals surface area contributed by atoms with Gasteiger partial charge in [-0.25, -0.2) is 13.2 Å². The second kappa shape index (κ2) is 9.94. The first-order valence-corrected chi connectivity index (χ1v) is 15.5. The first-order chi connectivity index (χ1) is 20.8. The van der Waals surface area contributed by atoms with Gasteiger partial charge >= 0.3 is 6.01 Å². The zero-order chi connectivity index (χ0) is 29.5. The van der Waals surface area contributed by atoms with Gasteiger partial charge in [-0.1, -0.05) is 13.0 Å². The Balaban J connectivity index is 1.29. The van der Waals surface area contributed by atoms with Crippen molar-refractivity contribution in [3.05, 3.63) is 47.7 Å². The number of alkyl halides is 1. The van der Waals surface area contributed by atoms with Crippen LogP contribution in [0.15, 0.2) is 30.5 Å². The summed E-state index contributed by atoms with van der Waals surface area (Å²) in [5, 5.41) is 12.1. The molecule has 43 heavy (non-hydrogen) atoms. The molecule has 1 N–H and O–H groups in total. The lowest BCUT2D eigenvalue weighted by Gasteiger charge is -2.31. The van der Waals surface area contributed by atoms with Gasteiger partial charge in [-0.2, -0.15) is 9.97 Å². The zero-order valence-electron chi connectivity index (χ0n) is 24.1. The van der Waals surface area contributed by atoms with E-state index in [0.29, 0.717) is 64.6 Å². The first-order valence-electron chi connectivity index (χ1n) is 15.5. The van der Waals surface area contributed by atoms with Gasteiger partial charge in [-0.3, -0.25) is 9.88 Å². The molecule has 224 valence electrons. The molecule has 2 atom stereocenters. The van der Waals surface area contributed by atoms with Crippen LogP contribution in [0.3, 0.4) is 0 Å². The molecule has 4 fully saturated rings. The number of halogens is 3. The summed E-state index contributed by atoms with van der Waals surface area (Å²) in [7, 11) is 0. The van der Waals surface area contributed by atoms with E-state index in [-0.39, 0.29) is 29.6 Å². The molecule has 6 heterocycles. The van der Waals surface area contributed by atoms with Crippen LogP contribution >= 0.6 is 0 Å². The Labute approximate surface area is 247 Å². The summed E-state index contributed by atoms with van der Waals surface area (Å²) in [5.41, 5.74) is 0.379. The van der Waals surface area contributed by atoms with Crippen molar-refractivity contribution in [1.29, 1.82) is 0 Å². The summed E-state index contributed by atoms with van der Waals surface area (Å²) >= 11 is 0. The molecule has 4 aliphatic rings. The second-order valence-corrected chi connectivity index (χ2v) is 12.7. The zero-order valence-corrected chi connectivity index (χ0v) is 24.1. The summed E-state index contributed by atoms with van der Waals surface area (Å²) in [4.78, 5) is 18.4. The predicted octanol–water partition coefficient (Wildman–Crippen LogP) is 6.48. The molecule has 0 aliphatic carbocycles. The van der Waals surface area contributed by atoms with Crippen molar-refractivity contribution in [1.82, 2.24) is 19.9 Å². The van der Waals surface area contributed by atoms with E-state index < -0.39 is 23.3 Å². The number of phenols is 1. The van der Waals surface area contributed by atoms with E-state index in [9.17, 15) is 13.9 Å². The Bertz CT molecular complexity index is 1750. The molecule has 2 bridgehead atoms. The lowest BCUT2D eigenvalue weighted by atomic mass is 9.94. The number of rotatable bonds is 6.